The molecule has 3 nitrogen and oxygen atoms in total. The van der Waals surface area contributed by atoms with Gasteiger partial charge in [-0.15, -0.1) is 0 Å². The molecule has 1 N–H and O–H groups in total. The van der Waals surface area contributed by atoms with Gasteiger partial charge in [0, 0.05) is 23.9 Å². The third-order valence-electron chi connectivity index (χ3n) is 2.42. The highest BCUT2D eigenvalue weighted by Gasteiger charge is 2.29. The second-order valence-electron chi connectivity index (χ2n) is 3.62. The Balaban J connectivity index is 2.38. The molecule has 6 heteroatoms. The van der Waals surface area contributed by atoms with E-state index in [0.717, 1.165) is 0 Å². The van der Waals surface area contributed by atoms with Gasteiger partial charge in [0.1, 0.15) is 0 Å². The minimum atomic E-state index is -0.166. The Kier molecular flexibility index (Phi) is 3.24. The predicted octanol–water partition coefficient (Wildman–Crippen LogP) is 2.73. The van der Waals surface area contributed by atoms with E-state index in [4.69, 9.17) is 23.2 Å². The van der Waals surface area contributed by atoms with Crippen LogP contribution in [0.5, 0.6) is 5.75 Å². The van der Waals surface area contributed by atoms with Crippen molar-refractivity contribution in [1.29, 1.82) is 0 Å². The lowest BCUT2D eigenvalue weighted by molar-refractivity contribution is -0.117. The van der Waals surface area contributed by atoms with Crippen molar-refractivity contribution in [2.45, 2.75) is 11.7 Å². The summed E-state index contributed by atoms with van der Waals surface area (Å²) in [5, 5.41) is 9.71. The Labute approximate surface area is 108 Å². The number of rotatable bonds is 1. The maximum absolute atomic E-state index is 11.6. The number of phenolic OH excluding ortho intramolecular Hbond substituents is 1. The van der Waals surface area contributed by atoms with Crippen molar-refractivity contribution in [3.63, 3.8) is 0 Å². The Morgan fingerprint density at radius 3 is 2.38 bits per heavy atom. The van der Waals surface area contributed by atoms with Gasteiger partial charge in [-0.25, -0.2) is 0 Å². The van der Waals surface area contributed by atoms with Crippen molar-refractivity contribution >= 4 is 47.4 Å². The fourth-order valence-electron chi connectivity index (χ4n) is 1.65. The molecule has 0 aliphatic carbocycles. The fraction of sp³-hybridized carbons (Fsp3) is 0.300. The van der Waals surface area contributed by atoms with E-state index in [1.165, 1.54) is 12.1 Å². The van der Waals surface area contributed by atoms with Gasteiger partial charge in [-0.1, -0.05) is 23.2 Å². The van der Waals surface area contributed by atoms with Crippen molar-refractivity contribution in [2.75, 3.05) is 11.4 Å². The third kappa shape index (κ3) is 2.10. The number of hydrogen-bond donors (Lipinski definition) is 2. The number of anilines is 1. The van der Waals surface area contributed by atoms with Crippen LogP contribution in [0.1, 0.15) is 6.42 Å². The zero-order valence-electron chi connectivity index (χ0n) is 8.15. The van der Waals surface area contributed by atoms with Gasteiger partial charge in [0.25, 0.3) is 0 Å². The molecule has 1 unspecified atom stereocenters. The first kappa shape index (κ1) is 11.9. The molecule has 86 valence electrons. The number of nitrogens with zero attached hydrogens (tertiary/aromatic N) is 1. The minimum absolute atomic E-state index is 0.0159. The molecule has 16 heavy (non-hydrogen) atoms. The number of hydrogen-bond acceptors (Lipinski definition) is 3. The van der Waals surface area contributed by atoms with Crippen molar-refractivity contribution in [3.8, 4) is 5.75 Å². The average molecular weight is 278 g/mol. The standard InChI is InChI=1S/C10H9Cl2NO2S/c11-7-1-5(2-8(12)10(7)15)13-4-6(16)3-9(13)14/h1-2,6,15-16H,3-4H2. The first-order chi connectivity index (χ1) is 7.49. The highest BCUT2D eigenvalue weighted by molar-refractivity contribution is 7.81. The molecule has 1 fully saturated rings. The first-order valence-corrected chi connectivity index (χ1v) is 5.92. The van der Waals surface area contributed by atoms with Crippen molar-refractivity contribution in [2.24, 2.45) is 0 Å². The summed E-state index contributed by atoms with van der Waals surface area (Å²) in [4.78, 5) is 13.2. The number of amides is 1. The van der Waals surface area contributed by atoms with E-state index >= 15 is 0 Å². The molecule has 1 amide bonds. The van der Waals surface area contributed by atoms with Gasteiger partial charge in [-0.2, -0.15) is 12.6 Å². The molecule has 1 aliphatic heterocycles. The molecule has 2 rings (SSSR count). The number of halogens is 2. The number of aromatic hydroxyl groups is 1. The summed E-state index contributed by atoms with van der Waals surface area (Å²) in [6.45, 7) is 0.527. The van der Waals surface area contributed by atoms with Gasteiger partial charge in [-0.05, 0) is 12.1 Å². The lowest BCUT2D eigenvalue weighted by Crippen LogP contribution is -2.24. The van der Waals surface area contributed by atoms with Crippen LogP contribution in [0, 0.1) is 0 Å². The molecule has 1 aromatic rings. The van der Waals surface area contributed by atoms with Crippen molar-refractivity contribution in [1.82, 2.24) is 0 Å². The lowest BCUT2D eigenvalue weighted by atomic mass is 10.2. The average Bonchev–Trinajstić information content (AvgIpc) is 2.53. The molecule has 0 radical (unpaired) electrons. The Morgan fingerprint density at radius 2 is 1.94 bits per heavy atom. The summed E-state index contributed by atoms with van der Waals surface area (Å²) >= 11 is 15.8. The zero-order chi connectivity index (χ0) is 11.9. The maximum atomic E-state index is 11.6. The number of phenols is 1. The van der Waals surface area contributed by atoms with Crippen molar-refractivity contribution < 1.29 is 9.90 Å². The van der Waals surface area contributed by atoms with Crippen LogP contribution in [0.25, 0.3) is 0 Å². The summed E-state index contributed by atoms with van der Waals surface area (Å²) in [5.41, 5.74) is 0.592. The van der Waals surface area contributed by atoms with Crippen LogP contribution in [-0.2, 0) is 4.79 Å². The Bertz CT molecular complexity index is 429. The van der Waals surface area contributed by atoms with Crippen LogP contribution >= 0.6 is 35.8 Å². The van der Waals surface area contributed by atoms with Crippen LogP contribution in [0.4, 0.5) is 5.69 Å². The van der Waals surface area contributed by atoms with E-state index in [-0.39, 0.29) is 27.0 Å². The first-order valence-electron chi connectivity index (χ1n) is 4.65. The normalized spacial score (nSPS) is 20.6. The number of thiol groups is 1. The van der Waals surface area contributed by atoms with Crippen LogP contribution < -0.4 is 4.90 Å². The number of carbonyl (C=O) groups is 1. The molecular weight excluding hydrogens is 269 g/mol. The number of carbonyl (C=O) groups excluding carboxylic acids is 1. The fourth-order valence-corrected chi connectivity index (χ4v) is 2.44. The topological polar surface area (TPSA) is 40.5 Å². The molecular formula is C10H9Cl2NO2S. The SMILES string of the molecule is O=C1CC(S)CN1c1cc(Cl)c(O)c(Cl)c1. The smallest absolute Gasteiger partial charge is 0.228 e. The monoisotopic (exact) mass is 277 g/mol. The second-order valence-corrected chi connectivity index (χ2v) is 5.17. The largest absolute Gasteiger partial charge is 0.505 e. The molecule has 0 saturated carbocycles. The molecule has 0 bridgehead atoms. The summed E-state index contributed by atoms with van der Waals surface area (Å²) in [6.07, 6.45) is 0.402. The van der Waals surface area contributed by atoms with Crippen molar-refractivity contribution in [3.05, 3.63) is 22.2 Å². The van der Waals surface area contributed by atoms with E-state index in [2.05, 4.69) is 12.6 Å². The van der Waals surface area contributed by atoms with E-state index in [1.54, 1.807) is 4.90 Å². The van der Waals surface area contributed by atoms with E-state index in [9.17, 15) is 9.90 Å². The van der Waals surface area contributed by atoms with E-state index in [1.807, 2.05) is 0 Å². The van der Waals surface area contributed by atoms with Crippen LogP contribution in [0.2, 0.25) is 10.0 Å². The lowest BCUT2D eigenvalue weighted by Gasteiger charge is -2.17. The Hall–Kier alpha value is -0.580. The number of benzene rings is 1. The van der Waals surface area contributed by atoms with Crippen LogP contribution in [0.15, 0.2) is 12.1 Å². The minimum Gasteiger partial charge on any atom is -0.505 e. The van der Waals surface area contributed by atoms with Gasteiger partial charge in [0.2, 0.25) is 5.91 Å². The van der Waals surface area contributed by atoms with Gasteiger partial charge in [0.05, 0.1) is 10.0 Å². The maximum Gasteiger partial charge on any atom is 0.228 e. The van der Waals surface area contributed by atoms with Gasteiger partial charge in [-0.3, -0.25) is 4.79 Å². The quantitative estimate of drug-likeness (QED) is 0.775. The summed E-state index contributed by atoms with van der Waals surface area (Å²) in [6, 6.07) is 3.04. The second kappa shape index (κ2) is 4.35. The zero-order valence-corrected chi connectivity index (χ0v) is 10.6. The third-order valence-corrected chi connectivity index (χ3v) is 3.34. The predicted molar refractivity (Wildman–Crippen MR) is 67.9 cm³/mol. The summed E-state index contributed by atoms with van der Waals surface area (Å²) < 4.78 is 0. The van der Waals surface area contributed by atoms with Gasteiger partial charge < -0.3 is 10.0 Å². The highest BCUT2D eigenvalue weighted by atomic mass is 35.5. The van der Waals surface area contributed by atoms with E-state index < -0.39 is 0 Å². The van der Waals surface area contributed by atoms with Gasteiger partial charge in [0.15, 0.2) is 5.75 Å². The van der Waals surface area contributed by atoms with Crippen LogP contribution in [-0.4, -0.2) is 22.8 Å². The molecule has 1 heterocycles. The molecule has 1 aliphatic rings. The van der Waals surface area contributed by atoms with Gasteiger partial charge >= 0.3 is 0 Å². The summed E-state index contributed by atoms with van der Waals surface area (Å²) in [5.74, 6) is -0.182. The molecule has 0 spiro atoms. The van der Waals surface area contributed by atoms with Crippen LogP contribution in [0.3, 0.4) is 0 Å². The molecule has 1 atom stereocenters. The highest BCUT2D eigenvalue weighted by Crippen LogP contribution is 2.37. The molecule has 0 aromatic heterocycles. The Morgan fingerprint density at radius 1 is 1.38 bits per heavy atom. The summed E-state index contributed by atoms with van der Waals surface area (Å²) in [7, 11) is 0. The molecule has 1 saturated heterocycles. The van der Waals surface area contributed by atoms with E-state index in [0.29, 0.717) is 18.7 Å². The molecule has 1 aromatic carbocycles.